The molecule has 21 heavy (non-hydrogen) atoms. The molecule has 0 fully saturated rings. The Hall–Kier alpha value is -0.250. The van der Waals surface area contributed by atoms with Crippen molar-refractivity contribution in [3.05, 3.63) is 37.1 Å². The van der Waals surface area contributed by atoms with E-state index in [0.717, 1.165) is 27.2 Å². The molecule has 2 N–H and O–H groups in total. The summed E-state index contributed by atoms with van der Waals surface area (Å²) in [6.07, 6.45) is 1.03. The molecule has 0 bridgehead atoms. The van der Waals surface area contributed by atoms with Gasteiger partial charge in [-0.15, -0.1) is 22.7 Å². The van der Waals surface area contributed by atoms with Crippen LogP contribution in [0.3, 0.4) is 0 Å². The third-order valence-corrected chi connectivity index (χ3v) is 7.00. The highest BCUT2D eigenvalue weighted by Crippen LogP contribution is 2.23. The Morgan fingerprint density at radius 2 is 2.10 bits per heavy atom. The number of hydrogen-bond donors (Lipinski definition) is 2. The molecule has 0 aliphatic rings. The third-order valence-electron chi connectivity index (χ3n) is 2.76. The molecule has 0 saturated heterocycles. The highest BCUT2D eigenvalue weighted by atomic mass is 79.9. The van der Waals surface area contributed by atoms with E-state index < -0.39 is 10.0 Å². The number of thiophene rings is 2. The molecule has 0 saturated carbocycles. The van der Waals surface area contributed by atoms with Crippen molar-refractivity contribution in [1.82, 2.24) is 10.0 Å². The van der Waals surface area contributed by atoms with Crippen LogP contribution in [0.15, 0.2) is 32.3 Å². The molecule has 0 aromatic carbocycles. The zero-order valence-corrected chi connectivity index (χ0v) is 15.6. The van der Waals surface area contributed by atoms with Crippen LogP contribution in [0, 0.1) is 0 Å². The van der Waals surface area contributed by atoms with Gasteiger partial charge in [0.15, 0.2) is 0 Å². The lowest BCUT2D eigenvalue weighted by atomic mass is 10.4. The van der Waals surface area contributed by atoms with Crippen LogP contribution in [0.4, 0.5) is 0 Å². The van der Waals surface area contributed by atoms with Gasteiger partial charge in [0.2, 0.25) is 10.0 Å². The van der Waals surface area contributed by atoms with Crippen LogP contribution in [0.25, 0.3) is 0 Å². The number of hydrogen-bond acceptors (Lipinski definition) is 5. The van der Waals surface area contributed by atoms with Crippen LogP contribution >= 0.6 is 38.6 Å². The Bertz CT molecular complexity index is 679. The van der Waals surface area contributed by atoms with Gasteiger partial charge >= 0.3 is 0 Å². The molecule has 2 aromatic heterocycles. The first-order valence-electron chi connectivity index (χ1n) is 6.52. The summed E-state index contributed by atoms with van der Waals surface area (Å²) >= 11 is 6.36. The molecule has 116 valence electrons. The molecule has 8 heteroatoms. The van der Waals surface area contributed by atoms with Crippen LogP contribution in [0.1, 0.15) is 23.1 Å². The van der Waals surface area contributed by atoms with Crippen molar-refractivity contribution < 1.29 is 8.42 Å². The van der Waals surface area contributed by atoms with E-state index in [0.29, 0.717) is 18.0 Å². The van der Waals surface area contributed by atoms with Crippen molar-refractivity contribution in [1.29, 1.82) is 0 Å². The molecule has 0 radical (unpaired) electrons. The van der Waals surface area contributed by atoms with E-state index >= 15 is 0 Å². The van der Waals surface area contributed by atoms with Gasteiger partial charge in [0.1, 0.15) is 0 Å². The summed E-state index contributed by atoms with van der Waals surface area (Å²) in [7, 11) is -3.46. The van der Waals surface area contributed by atoms with Gasteiger partial charge in [0.25, 0.3) is 0 Å². The quantitative estimate of drug-likeness (QED) is 0.656. The lowest BCUT2D eigenvalue weighted by molar-refractivity contribution is 0.579. The van der Waals surface area contributed by atoms with Gasteiger partial charge in [0.05, 0.1) is 4.90 Å². The van der Waals surface area contributed by atoms with E-state index in [1.807, 2.05) is 16.8 Å². The van der Waals surface area contributed by atoms with E-state index in [9.17, 15) is 8.42 Å². The molecule has 0 atom stereocenters. The van der Waals surface area contributed by atoms with Crippen molar-refractivity contribution in [3.8, 4) is 0 Å². The summed E-state index contributed by atoms with van der Waals surface area (Å²) in [5.41, 5.74) is 0. The predicted octanol–water partition coefficient (Wildman–Crippen LogP) is 3.55. The third kappa shape index (κ3) is 4.87. The minimum absolute atomic E-state index is 0.316. The SMILES string of the molecule is CCCNCc1sccc1S(=O)(=O)NCc1cc(Br)cs1. The van der Waals surface area contributed by atoms with Crippen molar-refractivity contribution in [2.45, 2.75) is 31.3 Å². The Morgan fingerprint density at radius 3 is 2.76 bits per heavy atom. The summed E-state index contributed by atoms with van der Waals surface area (Å²) in [5.74, 6) is 0. The molecule has 2 heterocycles. The fourth-order valence-electron chi connectivity index (χ4n) is 1.77. The maximum atomic E-state index is 12.4. The molecular formula is C13H17BrN2O2S3. The largest absolute Gasteiger partial charge is 0.312 e. The maximum absolute atomic E-state index is 12.4. The lowest BCUT2D eigenvalue weighted by Crippen LogP contribution is -2.24. The molecule has 2 rings (SSSR count). The molecule has 0 amide bonds. The highest BCUT2D eigenvalue weighted by molar-refractivity contribution is 9.10. The molecule has 0 spiro atoms. The second kappa shape index (κ2) is 7.85. The Labute approximate surface area is 141 Å². The monoisotopic (exact) mass is 408 g/mol. The smallest absolute Gasteiger partial charge is 0.242 e. The van der Waals surface area contributed by atoms with Gasteiger partial charge in [-0.3, -0.25) is 0 Å². The summed E-state index contributed by atoms with van der Waals surface area (Å²) < 4.78 is 28.4. The first kappa shape index (κ1) is 17.1. The van der Waals surface area contributed by atoms with Crippen LogP contribution in [-0.2, 0) is 23.1 Å². The van der Waals surface area contributed by atoms with Crippen molar-refractivity contribution >= 4 is 48.6 Å². The fraction of sp³-hybridized carbons (Fsp3) is 0.385. The van der Waals surface area contributed by atoms with E-state index in [2.05, 4.69) is 32.9 Å². The zero-order valence-electron chi connectivity index (χ0n) is 11.6. The number of nitrogens with one attached hydrogen (secondary N) is 2. The summed E-state index contributed by atoms with van der Waals surface area (Å²) in [5, 5.41) is 7.00. The van der Waals surface area contributed by atoms with Gasteiger partial charge in [-0.05, 0) is 46.4 Å². The predicted molar refractivity (Wildman–Crippen MR) is 92.4 cm³/mol. The summed E-state index contributed by atoms with van der Waals surface area (Å²) in [6, 6.07) is 3.59. The highest BCUT2D eigenvalue weighted by Gasteiger charge is 2.19. The van der Waals surface area contributed by atoms with Crippen LogP contribution in [0.2, 0.25) is 0 Å². The van der Waals surface area contributed by atoms with Crippen molar-refractivity contribution in [2.75, 3.05) is 6.54 Å². The van der Waals surface area contributed by atoms with E-state index in [-0.39, 0.29) is 0 Å². The van der Waals surface area contributed by atoms with Gasteiger partial charge in [-0.25, -0.2) is 13.1 Å². The zero-order chi connectivity index (χ0) is 15.3. The normalized spacial score (nSPS) is 11.9. The first-order chi connectivity index (χ1) is 10.0. The molecule has 0 aliphatic carbocycles. The minimum Gasteiger partial charge on any atom is -0.312 e. The van der Waals surface area contributed by atoms with Gasteiger partial charge in [-0.1, -0.05) is 6.92 Å². The van der Waals surface area contributed by atoms with Crippen molar-refractivity contribution in [3.63, 3.8) is 0 Å². The Balaban J connectivity index is 2.03. The van der Waals surface area contributed by atoms with E-state index in [4.69, 9.17) is 0 Å². The van der Waals surface area contributed by atoms with Crippen molar-refractivity contribution in [2.24, 2.45) is 0 Å². The average Bonchev–Trinajstić information content (AvgIpc) is 3.06. The minimum atomic E-state index is -3.46. The Kier molecular flexibility index (Phi) is 6.39. The topological polar surface area (TPSA) is 58.2 Å². The van der Waals surface area contributed by atoms with Gasteiger partial charge < -0.3 is 5.32 Å². The molecule has 2 aromatic rings. The first-order valence-corrected chi connectivity index (χ1v) is 10.6. The Morgan fingerprint density at radius 1 is 1.29 bits per heavy atom. The lowest BCUT2D eigenvalue weighted by Gasteiger charge is -2.07. The molecule has 0 unspecified atom stereocenters. The van der Waals surface area contributed by atoms with Crippen LogP contribution < -0.4 is 10.0 Å². The van der Waals surface area contributed by atoms with E-state index in [1.54, 1.807) is 6.07 Å². The second-order valence-electron chi connectivity index (χ2n) is 4.44. The second-order valence-corrected chi connectivity index (χ2v) is 9.09. The van der Waals surface area contributed by atoms with Gasteiger partial charge in [-0.2, -0.15) is 0 Å². The molecule has 0 aliphatic heterocycles. The average molecular weight is 409 g/mol. The van der Waals surface area contributed by atoms with E-state index in [1.165, 1.54) is 22.7 Å². The summed E-state index contributed by atoms with van der Waals surface area (Å²) in [6.45, 7) is 3.87. The number of halogens is 1. The summed E-state index contributed by atoms with van der Waals surface area (Å²) in [4.78, 5) is 2.21. The fourth-order valence-corrected chi connectivity index (χ4v) is 5.67. The molecular weight excluding hydrogens is 392 g/mol. The molecule has 4 nitrogen and oxygen atoms in total. The van der Waals surface area contributed by atoms with Gasteiger partial charge in [0, 0.05) is 32.7 Å². The standard InChI is InChI=1S/C13H17BrN2O2S3/c1-2-4-15-8-12-13(3-5-19-12)21(17,18)16-7-11-6-10(14)9-20-11/h3,5-6,9,15-16H,2,4,7-8H2,1H3. The number of sulfonamides is 1. The van der Waals surface area contributed by atoms with Crippen LogP contribution in [0.5, 0.6) is 0 Å². The number of rotatable bonds is 8. The van der Waals surface area contributed by atoms with Crippen LogP contribution in [-0.4, -0.2) is 15.0 Å². The maximum Gasteiger partial charge on any atom is 0.242 e.